The van der Waals surface area contributed by atoms with E-state index in [0.29, 0.717) is 18.5 Å². The average molecular weight is 278 g/mol. The molecule has 3 rings (SSSR count). The van der Waals surface area contributed by atoms with Crippen molar-refractivity contribution in [1.29, 1.82) is 0 Å². The number of hydrogen-bond donors (Lipinski definition) is 1. The minimum absolute atomic E-state index is 0.195. The van der Waals surface area contributed by atoms with Crippen molar-refractivity contribution in [3.8, 4) is 0 Å². The molecule has 20 heavy (non-hydrogen) atoms. The van der Waals surface area contributed by atoms with Gasteiger partial charge in [0.1, 0.15) is 11.5 Å². The van der Waals surface area contributed by atoms with Gasteiger partial charge in [-0.1, -0.05) is 6.92 Å². The van der Waals surface area contributed by atoms with Crippen molar-refractivity contribution in [2.75, 3.05) is 26.8 Å². The minimum Gasteiger partial charge on any atom is -0.464 e. The lowest BCUT2D eigenvalue weighted by Crippen LogP contribution is -2.37. The molecule has 4 nitrogen and oxygen atoms in total. The van der Waals surface area contributed by atoms with Gasteiger partial charge in [0, 0.05) is 32.2 Å². The highest BCUT2D eigenvalue weighted by Gasteiger charge is 2.38. The Balaban J connectivity index is 1.71. The van der Waals surface area contributed by atoms with Crippen molar-refractivity contribution in [3.63, 3.8) is 0 Å². The van der Waals surface area contributed by atoms with Crippen LogP contribution in [0.4, 0.5) is 0 Å². The SMILES string of the molecule is COCCN(C1CC1)C(CN)c1ccc(C2CC2C)o1. The summed E-state index contributed by atoms with van der Waals surface area (Å²) in [5.41, 5.74) is 6.03. The van der Waals surface area contributed by atoms with E-state index < -0.39 is 0 Å². The summed E-state index contributed by atoms with van der Waals surface area (Å²) in [4.78, 5) is 2.46. The van der Waals surface area contributed by atoms with Gasteiger partial charge in [0.25, 0.3) is 0 Å². The lowest BCUT2D eigenvalue weighted by Gasteiger charge is -2.29. The molecule has 0 radical (unpaired) electrons. The first-order valence-corrected chi connectivity index (χ1v) is 7.79. The molecule has 2 aliphatic carbocycles. The van der Waals surface area contributed by atoms with Gasteiger partial charge in [-0.05, 0) is 37.3 Å². The van der Waals surface area contributed by atoms with Gasteiger partial charge in [0.2, 0.25) is 0 Å². The van der Waals surface area contributed by atoms with Gasteiger partial charge < -0.3 is 14.9 Å². The molecular formula is C16H26N2O2. The molecular weight excluding hydrogens is 252 g/mol. The molecule has 0 bridgehead atoms. The number of furan rings is 1. The van der Waals surface area contributed by atoms with E-state index in [4.69, 9.17) is 14.9 Å². The van der Waals surface area contributed by atoms with Crippen LogP contribution in [0.1, 0.15) is 49.7 Å². The quantitative estimate of drug-likeness (QED) is 0.794. The fraction of sp³-hybridized carbons (Fsp3) is 0.750. The minimum atomic E-state index is 0.195. The molecule has 3 unspecified atom stereocenters. The van der Waals surface area contributed by atoms with Crippen LogP contribution in [0.25, 0.3) is 0 Å². The molecule has 112 valence electrons. The molecule has 1 aromatic heterocycles. The van der Waals surface area contributed by atoms with E-state index in [-0.39, 0.29) is 6.04 Å². The van der Waals surface area contributed by atoms with Crippen molar-refractivity contribution >= 4 is 0 Å². The second-order valence-corrected chi connectivity index (χ2v) is 6.27. The summed E-state index contributed by atoms with van der Waals surface area (Å²) >= 11 is 0. The Morgan fingerprint density at radius 2 is 2.20 bits per heavy atom. The molecule has 1 heterocycles. The van der Waals surface area contributed by atoms with E-state index in [0.717, 1.165) is 30.6 Å². The molecule has 4 heteroatoms. The van der Waals surface area contributed by atoms with Gasteiger partial charge >= 0.3 is 0 Å². The predicted octanol–water partition coefficient (Wildman–Crippen LogP) is 2.51. The first-order chi connectivity index (χ1) is 9.74. The molecule has 2 N–H and O–H groups in total. The second-order valence-electron chi connectivity index (χ2n) is 6.27. The summed E-state index contributed by atoms with van der Waals surface area (Å²) in [7, 11) is 1.75. The van der Waals surface area contributed by atoms with Crippen LogP contribution in [0.3, 0.4) is 0 Å². The third-order valence-corrected chi connectivity index (χ3v) is 4.64. The Bertz CT molecular complexity index is 441. The van der Waals surface area contributed by atoms with Crippen molar-refractivity contribution in [2.24, 2.45) is 11.7 Å². The Morgan fingerprint density at radius 3 is 2.75 bits per heavy atom. The highest BCUT2D eigenvalue weighted by Crippen LogP contribution is 2.48. The normalized spacial score (nSPS) is 27.0. The van der Waals surface area contributed by atoms with Crippen molar-refractivity contribution < 1.29 is 9.15 Å². The van der Waals surface area contributed by atoms with E-state index in [1.165, 1.54) is 19.3 Å². The van der Waals surface area contributed by atoms with Crippen LogP contribution in [-0.4, -0.2) is 37.7 Å². The highest BCUT2D eigenvalue weighted by atomic mass is 16.5. The zero-order chi connectivity index (χ0) is 14.1. The molecule has 3 atom stereocenters. The maximum atomic E-state index is 6.11. The van der Waals surface area contributed by atoms with E-state index >= 15 is 0 Å². The van der Waals surface area contributed by atoms with Gasteiger partial charge in [-0.25, -0.2) is 0 Å². The lowest BCUT2D eigenvalue weighted by atomic mass is 10.2. The van der Waals surface area contributed by atoms with Gasteiger partial charge in [-0.2, -0.15) is 0 Å². The summed E-state index contributed by atoms with van der Waals surface area (Å²) in [5, 5.41) is 0. The third kappa shape index (κ3) is 2.92. The van der Waals surface area contributed by atoms with Crippen LogP contribution in [0.2, 0.25) is 0 Å². The Kier molecular flexibility index (Phi) is 4.15. The molecule has 2 aliphatic rings. The molecule has 0 aromatic carbocycles. The summed E-state index contributed by atoms with van der Waals surface area (Å²) < 4.78 is 11.3. The van der Waals surface area contributed by atoms with Crippen LogP contribution < -0.4 is 5.73 Å². The maximum Gasteiger partial charge on any atom is 0.122 e. The molecule has 2 saturated carbocycles. The summed E-state index contributed by atoms with van der Waals surface area (Å²) in [5.74, 6) is 3.59. The van der Waals surface area contributed by atoms with E-state index in [1.54, 1.807) is 7.11 Å². The zero-order valence-corrected chi connectivity index (χ0v) is 12.5. The number of methoxy groups -OCH3 is 1. The molecule has 0 spiro atoms. The predicted molar refractivity (Wildman–Crippen MR) is 78.6 cm³/mol. The molecule has 2 fully saturated rings. The van der Waals surface area contributed by atoms with Gasteiger partial charge in [-0.15, -0.1) is 0 Å². The zero-order valence-electron chi connectivity index (χ0n) is 12.5. The number of ether oxygens (including phenoxy) is 1. The van der Waals surface area contributed by atoms with Crippen molar-refractivity contribution in [2.45, 2.75) is 44.2 Å². The highest BCUT2D eigenvalue weighted by molar-refractivity contribution is 5.20. The Labute approximate surface area is 121 Å². The van der Waals surface area contributed by atoms with E-state index in [1.807, 2.05) is 0 Å². The maximum absolute atomic E-state index is 6.11. The smallest absolute Gasteiger partial charge is 0.122 e. The fourth-order valence-corrected chi connectivity index (χ4v) is 3.08. The summed E-state index contributed by atoms with van der Waals surface area (Å²) in [6.45, 7) is 4.56. The van der Waals surface area contributed by atoms with E-state index in [2.05, 4.69) is 24.0 Å². The van der Waals surface area contributed by atoms with Crippen LogP contribution >= 0.6 is 0 Å². The largest absolute Gasteiger partial charge is 0.464 e. The third-order valence-electron chi connectivity index (χ3n) is 4.64. The average Bonchev–Trinajstić information content (AvgIpc) is 3.36. The van der Waals surface area contributed by atoms with Crippen molar-refractivity contribution in [1.82, 2.24) is 4.90 Å². The number of hydrogen-bond acceptors (Lipinski definition) is 4. The number of nitrogens with zero attached hydrogens (tertiary/aromatic N) is 1. The summed E-state index contributed by atoms with van der Waals surface area (Å²) in [6.07, 6.45) is 3.80. The monoisotopic (exact) mass is 278 g/mol. The van der Waals surface area contributed by atoms with Gasteiger partial charge in [0.05, 0.1) is 12.6 Å². The van der Waals surface area contributed by atoms with E-state index in [9.17, 15) is 0 Å². The standard InChI is InChI=1S/C16H26N2O2/c1-11-9-13(11)15-5-6-16(20-15)14(10-17)18(7-8-19-2)12-3-4-12/h5-6,11-14H,3-4,7-10,17H2,1-2H3. The van der Waals surface area contributed by atoms with Crippen LogP contribution in [0.15, 0.2) is 16.5 Å². The van der Waals surface area contributed by atoms with Gasteiger partial charge in [0.15, 0.2) is 0 Å². The number of rotatable bonds is 8. The molecule has 0 aliphatic heterocycles. The second kappa shape index (κ2) is 5.88. The number of nitrogens with two attached hydrogens (primary N) is 1. The van der Waals surface area contributed by atoms with Crippen LogP contribution in [0, 0.1) is 5.92 Å². The Morgan fingerprint density at radius 1 is 1.45 bits per heavy atom. The van der Waals surface area contributed by atoms with Crippen LogP contribution in [0.5, 0.6) is 0 Å². The summed E-state index contributed by atoms with van der Waals surface area (Å²) in [6, 6.07) is 5.13. The first kappa shape index (κ1) is 14.1. The molecule has 1 aromatic rings. The Hall–Kier alpha value is -0.840. The van der Waals surface area contributed by atoms with Crippen molar-refractivity contribution in [3.05, 3.63) is 23.7 Å². The van der Waals surface area contributed by atoms with Gasteiger partial charge in [-0.3, -0.25) is 4.90 Å². The molecule has 0 saturated heterocycles. The topological polar surface area (TPSA) is 51.6 Å². The van der Waals surface area contributed by atoms with Crippen LogP contribution in [-0.2, 0) is 4.74 Å². The fourth-order valence-electron chi connectivity index (χ4n) is 3.08. The lowest BCUT2D eigenvalue weighted by molar-refractivity contribution is 0.106. The molecule has 0 amide bonds. The first-order valence-electron chi connectivity index (χ1n) is 7.79.